The second kappa shape index (κ2) is 7.45. The highest BCUT2D eigenvalue weighted by atomic mass is 79.9. The minimum Gasteiger partial charge on any atom is -0.478 e. The van der Waals surface area contributed by atoms with Gasteiger partial charge in [0.15, 0.2) is 0 Å². The molecule has 0 aromatic heterocycles. The number of carbonyl (C=O) groups excluding carboxylic acids is 1. The van der Waals surface area contributed by atoms with Crippen molar-refractivity contribution in [1.29, 1.82) is 0 Å². The fourth-order valence-corrected chi connectivity index (χ4v) is 3.05. The molecule has 0 heterocycles. The molecule has 1 fully saturated rings. The Balaban J connectivity index is 1.97. The van der Waals surface area contributed by atoms with Gasteiger partial charge in [0, 0.05) is 16.2 Å². The van der Waals surface area contributed by atoms with Crippen LogP contribution in [-0.4, -0.2) is 23.1 Å². The Kier molecular flexibility index (Phi) is 5.61. The Bertz CT molecular complexity index is 526. The first kappa shape index (κ1) is 15.8. The van der Waals surface area contributed by atoms with Gasteiger partial charge in [-0.1, -0.05) is 41.6 Å². The number of carbonyl (C=O) groups is 2. The van der Waals surface area contributed by atoms with Crippen molar-refractivity contribution in [3.63, 3.8) is 0 Å². The Morgan fingerprint density at radius 2 is 1.76 bits per heavy atom. The third-order valence-corrected chi connectivity index (χ3v) is 4.05. The Labute approximate surface area is 132 Å². The number of benzene rings is 1. The van der Waals surface area contributed by atoms with Crippen LogP contribution < -0.4 is 10.6 Å². The summed E-state index contributed by atoms with van der Waals surface area (Å²) in [5.41, 5.74) is 0.599. The molecule has 5 nitrogen and oxygen atoms in total. The van der Waals surface area contributed by atoms with Crippen molar-refractivity contribution in [3.8, 4) is 0 Å². The molecule has 0 radical (unpaired) electrons. The predicted octanol–water partition coefficient (Wildman–Crippen LogP) is 3.99. The molecule has 0 saturated heterocycles. The number of carboxylic acid groups (broad SMARTS) is 1. The van der Waals surface area contributed by atoms with Crippen LogP contribution in [-0.2, 0) is 0 Å². The fraction of sp³-hybridized carbons (Fsp3) is 0.467. The van der Waals surface area contributed by atoms with Crippen molar-refractivity contribution in [2.24, 2.45) is 0 Å². The fourth-order valence-electron chi connectivity index (χ4n) is 2.56. The lowest BCUT2D eigenvalue weighted by Crippen LogP contribution is -2.37. The van der Waals surface area contributed by atoms with Gasteiger partial charge < -0.3 is 15.7 Å². The molecule has 0 aliphatic heterocycles. The predicted molar refractivity (Wildman–Crippen MR) is 84.7 cm³/mol. The molecule has 1 aromatic rings. The SMILES string of the molecule is O=C(Nc1cc(Br)cc(C(=O)O)c1)NC1CCCCCC1. The molecular weight excluding hydrogens is 336 g/mol. The molecular formula is C15H19BrN2O3. The topological polar surface area (TPSA) is 78.4 Å². The Hall–Kier alpha value is -1.56. The molecule has 0 spiro atoms. The smallest absolute Gasteiger partial charge is 0.335 e. The van der Waals surface area contributed by atoms with Gasteiger partial charge in [0.1, 0.15) is 0 Å². The summed E-state index contributed by atoms with van der Waals surface area (Å²) in [5, 5.41) is 14.7. The first-order valence-electron chi connectivity index (χ1n) is 7.16. The van der Waals surface area contributed by atoms with Crippen LogP contribution in [0.4, 0.5) is 10.5 Å². The molecule has 3 N–H and O–H groups in total. The zero-order chi connectivity index (χ0) is 15.2. The summed E-state index contributed by atoms with van der Waals surface area (Å²) in [6.45, 7) is 0. The summed E-state index contributed by atoms with van der Waals surface area (Å²) < 4.78 is 0.618. The van der Waals surface area contributed by atoms with Crippen LogP contribution in [0.25, 0.3) is 0 Å². The highest BCUT2D eigenvalue weighted by Crippen LogP contribution is 2.20. The third kappa shape index (κ3) is 5.04. The molecule has 1 aliphatic rings. The lowest BCUT2D eigenvalue weighted by atomic mass is 10.1. The van der Waals surface area contributed by atoms with Gasteiger partial charge in [-0.25, -0.2) is 9.59 Å². The van der Waals surface area contributed by atoms with Gasteiger partial charge >= 0.3 is 12.0 Å². The minimum atomic E-state index is -1.02. The second-order valence-corrected chi connectivity index (χ2v) is 6.24. The summed E-state index contributed by atoms with van der Waals surface area (Å²) in [5.74, 6) is -1.02. The highest BCUT2D eigenvalue weighted by molar-refractivity contribution is 9.10. The van der Waals surface area contributed by atoms with Crippen molar-refractivity contribution in [2.75, 3.05) is 5.32 Å². The summed E-state index contributed by atoms with van der Waals surface area (Å²) in [4.78, 5) is 23.0. The molecule has 2 amide bonds. The van der Waals surface area contributed by atoms with Crippen LogP contribution in [0.3, 0.4) is 0 Å². The van der Waals surface area contributed by atoms with Crippen LogP contribution >= 0.6 is 15.9 Å². The number of rotatable bonds is 3. The van der Waals surface area contributed by atoms with Crippen molar-refractivity contribution in [1.82, 2.24) is 5.32 Å². The molecule has 6 heteroatoms. The normalized spacial score (nSPS) is 16.0. The van der Waals surface area contributed by atoms with Crippen LogP contribution in [0.5, 0.6) is 0 Å². The van der Waals surface area contributed by atoms with E-state index >= 15 is 0 Å². The van der Waals surface area contributed by atoms with Gasteiger partial charge in [-0.15, -0.1) is 0 Å². The maximum Gasteiger partial charge on any atom is 0.335 e. The zero-order valence-electron chi connectivity index (χ0n) is 11.7. The highest BCUT2D eigenvalue weighted by Gasteiger charge is 2.15. The quantitative estimate of drug-likeness (QED) is 0.718. The molecule has 1 aliphatic carbocycles. The lowest BCUT2D eigenvalue weighted by Gasteiger charge is -2.17. The lowest BCUT2D eigenvalue weighted by molar-refractivity contribution is 0.0697. The maximum atomic E-state index is 12.0. The van der Waals surface area contributed by atoms with E-state index in [0.29, 0.717) is 10.2 Å². The number of halogens is 1. The summed E-state index contributed by atoms with van der Waals surface area (Å²) in [6.07, 6.45) is 6.76. The van der Waals surface area contributed by atoms with Crippen molar-refractivity contribution < 1.29 is 14.7 Å². The third-order valence-electron chi connectivity index (χ3n) is 3.59. The van der Waals surface area contributed by atoms with Crippen molar-refractivity contribution >= 4 is 33.6 Å². The molecule has 0 bridgehead atoms. The van der Waals surface area contributed by atoms with E-state index in [1.807, 2.05) is 0 Å². The van der Waals surface area contributed by atoms with Crippen molar-refractivity contribution in [2.45, 2.75) is 44.6 Å². The Morgan fingerprint density at radius 1 is 1.10 bits per heavy atom. The minimum absolute atomic E-state index is 0.133. The van der Waals surface area contributed by atoms with Crippen LogP contribution in [0.15, 0.2) is 22.7 Å². The maximum absolute atomic E-state index is 12.0. The molecule has 1 saturated carbocycles. The number of carboxylic acids is 1. The van der Waals surface area contributed by atoms with E-state index in [0.717, 1.165) is 25.7 Å². The zero-order valence-corrected chi connectivity index (χ0v) is 13.3. The number of hydrogen-bond acceptors (Lipinski definition) is 2. The summed E-state index contributed by atoms with van der Waals surface area (Å²) in [7, 11) is 0. The molecule has 0 atom stereocenters. The largest absolute Gasteiger partial charge is 0.478 e. The van der Waals surface area contributed by atoms with Gasteiger partial charge in [-0.3, -0.25) is 0 Å². The summed E-state index contributed by atoms with van der Waals surface area (Å²) >= 11 is 3.25. The molecule has 21 heavy (non-hydrogen) atoms. The molecule has 2 rings (SSSR count). The standard InChI is InChI=1S/C15H19BrN2O3/c16-11-7-10(14(19)20)8-13(9-11)18-15(21)17-12-5-3-1-2-4-6-12/h7-9,12H,1-6H2,(H,19,20)(H2,17,18,21). The number of anilines is 1. The summed E-state index contributed by atoms with van der Waals surface area (Å²) in [6, 6.07) is 4.55. The van der Waals surface area contributed by atoms with E-state index in [1.54, 1.807) is 6.07 Å². The first-order chi connectivity index (χ1) is 10.0. The Morgan fingerprint density at radius 3 is 2.38 bits per heavy atom. The van der Waals surface area contributed by atoms with Crippen molar-refractivity contribution in [3.05, 3.63) is 28.2 Å². The van der Waals surface area contributed by atoms with Crippen LogP contribution in [0.2, 0.25) is 0 Å². The average molecular weight is 355 g/mol. The van der Waals surface area contributed by atoms with Gasteiger partial charge in [0.05, 0.1) is 5.56 Å². The number of aromatic carboxylic acids is 1. The monoisotopic (exact) mass is 354 g/mol. The van der Waals surface area contributed by atoms with Gasteiger partial charge in [0.2, 0.25) is 0 Å². The van der Waals surface area contributed by atoms with Gasteiger partial charge in [0.25, 0.3) is 0 Å². The van der Waals surface area contributed by atoms with Gasteiger partial charge in [-0.2, -0.15) is 0 Å². The molecule has 114 valence electrons. The number of urea groups is 1. The van der Waals surface area contributed by atoms with Gasteiger partial charge in [-0.05, 0) is 31.0 Å². The van der Waals surface area contributed by atoms with E-state index in [4.69, 9.17) is 5.11 Å². The molecule has 0 unspecified atom stereocenters. The number of nitrogens with one attached hydrogen (secondary N) is 2. The van der Waals surface area contributed by atoms with E-state index < -0.39 is 5.97 Å². The van der Waals surface area contributed by atoms with Crippen LogP contribution in [0, 0.1) is 0 Å². The second-order valence-electron chi connectivity index (χ2n) is 5.32. The molecule has 1 aromatic carbocycles. The average Bonchev–Trinajstić information content (AvgIpc) is 2.66. The number of amides is 2. The van der Waals surface area contributed by atoms with Crippen LogP contribution in [0.1, 0.15) is 48.9 Å². The van der Waals surface area contributed by atoms with E-state index in [1.165, 1.54) is 25.0 Å². The number of hydrogen-bond donors (Lipinski definition) is 3. The van der Waals surface area contributed by atoms with E-state index in [2.05, 4.69) is 26.6 Å². The van der Waals surface area contributed by atoms with E-state index in [-0.39, 0.29) is 17.6 Å². The first-order valence-corrected chi connectivity index (χ1v) is 7.95. The van der Waals surface area contributed by atoms with E-state index in [9.17, 15) is 9.59 Å².